The third-order valence-electron chi connectivity index (χ3n) is 2.95. The number of benzene rings is 1. The number of carbonyl (C=O) groups excluding carboxylic acids is 1. The van der Waals surface area contributed by atoms with E-state index in [1.54, 1.807) is 14.1 Å². The fourth-order valence-corrected chi connectivity index (χ4v) is 1.89. The van der Waals surface area contributed by atoms with E-state index in [0.29, 0.717) is 0 Å². The van der Waals surface area contributed by atoms with Crippen LogP contribution in [-0.4, -0.2) is 44.8 Å². The molecule has 1 aromatic heterocycles. The molecule has 13 heteroatoms. The highest BCUT2D eigenvalue weighted by atomic mass is 16.6. The van der Waals surface area contributed by atoms with E-state index >= 15 is 0 Å². The molecule has 0 unspecified atom stereocenters. The van der Waals surface area contributed by atoms with E-state index in [-0.39, 0.29) is 22.9 Å². The minimum atomic E-state index is -0.733. The minimum absolute atomic E-state index is 0.00458. The van der Waals surface area contributed by atoms with Crippen molar-refractivity contribution in [1.82, 2.24) is 20.4 Å². The van der Waals surface area contributed by atoms with Gasteiger partial charge in [0.25, 0.3) is 11.6 Å². The second-order valence-corrected chi connectivity index (χ2v) is 5.07. The Labute approximate surface area is 146 Å². The number of hydrazine groups is 2. The highest BCUT2D eigenvalue weighted by Gasteiger charge is 2.24. The van der Waals surface area contributed by atoms with Crippen molar-refractivity contribution in [3.8, 4) is 0 Å². The van der Waals surface area contributed by atoms with Crippen molar-refractivity contribution >= 4 is 28.9 Å². The molecule has 0 spiro atoms. The van der Waals surface area contributed by atoms with Crippen LogP contribution in [0.4, 0.5) is 23.0 Å². The number of hydrogen-bond acceptors (Lipinski definition) is 10. The molecular weight excluding hydrogens is 348 g/mol. The van der Waals surface area contributed by atoms with Crippen LogP contribution in [-0.2, 0) is 0 Å². The molecule has 1 heterocycles. The van der Waals surface area contributed by atoms with Crippen LogP contribution >= 0.6 is 0 Å². The molecule has 13 nitrogen and oxygen atoms in total. The highest BCUT2D eigenvalue weighted by molar-refractivity contribution is 5.95. The van der Waals surface area contributed by atoms with Crippen molar-refractivity contribution < 1.29 is 14.6 Å². The van der Waals surface area contributed by atoms with E-state index < -0.39 is 21.4 Å². The topological polar surface area (TPSA) is 168 Å². The molecule has 0 bridgehead atoms. The second-order valence-electron chi connectivity index (χ2n) is 5.07. The lowest BCUT2D eigenvalue weighted by molar-refractivity contribution is -0.384. The maximum absolute atomic E-state index is 12.1. The van der Waals surface area contributed by atoms with E-state index in [0.717, 1.165) is 12.4 Å². The molecule has 3 N–H and O–H groups in total. The Balaban J connectivity index is 2.21. The Morgan fingerprint density at radius 2 is 1.81 bits per heavy atom. The van der Waals surface area contributed by atoms with Crippen molar-refractivity contribution in [2.75, 3.05) is 24.9 Å². The molecule has 0 aliphatic carbocycles. The summed E-state index contributed by atoms with van der Waals surface area (Å²) in [7, 11) is 3.23. The van der Waals surface area contributed by atoms with E-state index in [1.807, 2.05) is 0 Å². The van der Waals surface area contributed by atoms with Gasteiger partial charge < -0.3 is 0 Å². The van der Waals surface area contributed by atoms with Crippen LogP contribution in [0.1, 0.15) is 10.4 Å². The molecule has 26 heavy (non-hydrogen) atoms. The summed E-state index contributed by atoms with van der Waals surface area (Å²) in [6.07, 6.45) is 1.07. The van der Waals surface area contributed by atoms with E-state index in [2.05, 4.69) is 26.2 Å². The van der Waals surface area contributed by atoms with E-state index in [1.165, 1.54) is 23.2 Å². The molecular formula is C13H14N8O5. The van der Waals surface area contributed by atoms with Gasteiger partial charge in [0, 0.05) is 31.8 Å². The quantitative estimate of drug-likeness (QED) is 0.476. The fourth-order valence-electron chi connectivity index (χ4n) is 1.89. The third kappa shape index (κ3) is 4.35. The number of aromatic nitrogens is 2. The number of non-ortho nitro benzene ring substituents is 1. The fraction of sp³-hybridized carbons (Fsp3) is 0.154. The van der Waals surface area contributed by atoms with Crippen LogP contribution in [0.5, 0.6) is 0 Å². The van der Waals surface area contributed by atoms with Gasteiger partial charge in [-0.05, 0) is 6.07 Å². The maximum atomic E-state index is 12.1. The lowest BCUT2D eigenvalue weighted by Crippen LogP contribution is -2.30. The lowest BCUT2D eigenvalue weighted by atomic mass is 10.2. The zero-order valence-electron chi connectivity index (χ0n) is 13.7. The molecule has 0 saturated heterocycles. The van der Waals surface area contributed by atoms with Gasteiger partial charge in [-0.3, -0.25) is 41.3 Å². The summed E-state index contributed by atoms with van der Waals surface area (Å²) in [5.41, 5.74) is 6.44. The zero-order chi connectivity index (χ0) is 19.3. The van der Waals surface area contributed by atoms with Crippen molar-refractivity contribution in [2.24, 2.45) is 0 Å². The van der Waals surface area contributed by atoms with Gasteiger partial charge in [0.1, 0.15) is 6.33 Å². The van der Waals surface area contributed by atoms with Crippen LogP contribution in [0.3, 0.4) is 0 Å². The average molecular weight is 362 g/mol. The summed E-state index contributed by atoms with van der Waals surface area (Å²) in [5, 5.41) is 23.5. The number of nitrogens with one attached hydrogen (secondary N) is 3. The second kappa shape index (κ2) is 7.80. The molecule has 0 fully saturated rings. The number of nitrogens with zero attached hydrogens (tertiary/aromatic N) is 5. The average Bonchev–Trinajstić information content (AvgIpc) is 2.59. The first-order chi connectivity index (χ1) is 12.3. The number of nitro benzene ring substituents is 1. The number of hydrogen-bond donors (Lipinski definition) is 3. The van der Waals surface area contributed by atoms with Gasteiger partial charge in [-0.25, -0.2) is 15.0 Å². The summed E-state index contributed by atoms with van der Waals surface area (Å²) in [4.78, 5) is 40.3. The van der Waals surface area contributed by atoms with Gasteiger partial charge in [0.05, 0.1) is 9.85 Å². The number of amides is 1. The van der Waals surface area contributed by atoms with E-state index in [9.17, 15) is 25.0 Å². The summed E-state index contributed by atoms with van der Waals surface area (Å²) in [6, 6.07) is 5.01. The summed E-state index contributed by atoms with van der Waals surface area (Å²) >= 11 is 0. The van der Waals surface area contributed by atoms with Crippen LogP contribution in [0.15, 0.2) is 30.6 Å². The van der Waals surface area contributed by atoms with Gasteiger partial charge in [0.2, 0.25) is 11.6 Å². The molecule has 0 aliphatic heterocycles. The number of nitro groups is 2. The molecule has 1 amide bonds. The van der Waals surface area contributed by atoms with Crippen LogP contribution in [0.25, 0.3) is 0 Å². The predicted molar refractivity (Wildman–Crippen MR) is 90.2 cm³/mol. The molecule has 2 aromatic rings. The number of carbonyl (C=O) groups is 1. The third-order valence-corrected chi connectivity index (χ3v) is 2.95. The predicted octanol–water partition coefficient (Wildman–Crippen LogP) is 0.938. The van der Waals surface area contributed by atoms with Gasteiger partial charge in [-0.2, -0.15) is 0 Å². The molecule has 136 valence electrons. The smallest absolute Gasteiger partial charge is 0.298 e. The van der Waals surface area contributed by atoms with Crippen molar-refractivity contribution in [1.29, 1.82) is 0 Å². The maximum Gasteiger partial charge on any atom is 0.356 e. The van der Waals surface area contributed by atoms with Gasteiger partial charge in [-0.15, -0.1) is 0 Å². The minimum Gasteiger partial charge on any atom is -0.298 e. The molecule has 2 rings (SSSR count). The summed E-state index contributed by atoms with van der Waals surface area (Å²) in [6.45, 7) is 0. The first-order valence-corrected chi connectivity index (χ1v) is 7.03. The Bertz CT molecular complexity index is 856. The normalized spacial score (nSPS) is 10.3. The van der Waals surface area contributed by atoms with Crippen molar-refractivity contribution in [3.63, 3.8) is 0 Å². The van der Waals surface area contributed by atoms with Crippen LogP contribution < -0.4 is 16.3 Å². The van der Waals surface area contributed by atoms with E-state index in [4.69, 9.17) is 0 Å². The number of anilines is 2. The van der Waals surface area contributed by atoms with Crippen LogP contribution in [0.2, 0.25) is 0 Å². The van der Waals surface area contributed by atoms with Crippen LogP contribution in [0, 0.1) is 20.2 Å². The number of rotatable bonds is 7. The van der Waals surface area contributed by atoms with Crippen molar-refractivity contribution in [2.45, 2.75) is 0 Å². The van der Waals surface area contributed by atoms with Gasteiger partial charge in [-0.1, -0.05) is 6.07 Å². The van der Waals surface area contributed by atoms with Gasteiger partial charge >= 0.3 is 5.69 Å². The SMILES string of the molecule is CN(C)Nc1ncnc(NNC(=O)c2cccc([N+](=O)[O-])c2)c1[N+](=O)[O-]. The summed E-state index contributed by atoms with van der Waals surface area (Å²) < 4.78 is 0. The monoisotopic (exact) mass is 362 g/mol. The largest absolute Gasteiger partial charge is 0.356 e. The summed E-state index contributed by atoms with van der Waals surface area (Å²) in [5.74, 6) is -1.07. The Kier molecular flexibility index (Phi) is 5.54. The molecule has 0 atom stereocenters. The lowest BCUT2D eigenvalue weighted by Gasteiger charge is -2.14. The standard InChI is InChI=1S/C13H14N8O5/c1-19(2)18-12-10(21(25)26)11(14-7-15-12)16-17-13(22)8-4-3-5-9(6-8)20(23)24/h3-7H,1-2H3,(H,17,22)(H2,14,15,16,18). The Morgan fingerprint density at radius 3 is 2.42 bits per heavy atom. The molecule has 0 aliphatic rings. The zero-order valence-corrected chi connectivity index (χ0v) is 13.7. The molecule has 0 saturated carbocycles. The molecule has 1 aromatic carbocycles. The first kappa shape index (κ1) is 18.5. The Morgan fingerprint density at radius 1 is 1.12 bits per heavy atom. The molecule has 0 radical (unpaired) electrons. The van der Waals surface area contributed by atoms with Gasteiger partial charge in [0.15, 0.2) is 0 Å². The van der Waals surface area contributed by atoms with Crippen molar-refractivity contribution in [3.05, 3.63) is 56.4 Å². The first-order valence-electron chi connectivity index (χ1n) is 7.03. The Hall–Kier alpha value is -3.87. The highest BCUT2D eigenvalue weighted by Crippen LogP contribution is 2.28.